The van der Waals surface area contributed by atoms with E-state index < -0.39 is 58.5 Å². The van der Waals surface area contributed by atoms with Gasteiger partial charge < -0.3 is 4.74 Å². The highest BCUT2D eigenvalue weighted by molar-refractivity contribution is 6.02. The molecule has 0 spiro atoms. The topological polar surface area (TPSA) is 87.0 Å². The van der Waals surface area contributed by atoms with Crippen molar-refractivity contribution in [2.45, 2.75) is 38.8 Å². The lowest BCUT2D eigenvalue weighted by Crippen LogP contribution is -2.27. The Bertz CT molecular complexity index is 881. The Morgan fingerprint density at radius 3 is 2.32 bits per heavy atom. The molecule has 7 nitrogen and oxygen atoms in total. The fourth-order valence-corrected chi connectivity index (χ4v) is 2.64. The molecule has 2 aromatic heterocycles. The molecule has 0 saturated heterocycles. The van der Waals surface area contributed by atoms with E-state index in [0.29, 0.717) is 4.68 Å². The van der Waals surface area contributed by atoms with Crippen LogP contribution in [0.2, 0.25) is 0 Å². The van der Waals surface area contributed by atoms with Gasteiger partial charge in [-0.3, -0.25) is 4.79 Å². The van der Waals surface area contributed by atoms with Crippen LogP contribution in [0.4, 0.5) is 22.0 Å². The number of halogens is 5. The van der Waals surface area contributed by atoms with Gasteiger partial charge in [0, 0.05) is 0 Å². The van der Waals surface area contributed by atoms with E-state index in [0.717, 1.165) is 19.8 Å². The van der Waals surface area contributed by atoms with Gasteiger partial charge in [0.1, 0.15) is 18.3 Å². The van der Waals surface area contributed by atoms with Crippen LogP contribution in [0.15, 0.2) is 12.7 Å². The van der Waals surface area contributed by atoms with Gasteiger partial charge in [-0.25, -0.2) is 23.5 Å². The second kappa shape index (κ2) is 7.98. The minimum Gasteiger partial charge on any atom is -0.465 e. The van der Waals surface area contributed by atoms with Crippen molar-refractivity contribution in [1.82, 2.24) is 19.7 Å². The van der Waals surface area contributed by atoms with Gasteiger partial charge in [0.05, 0.1) is 18.2 Å². The molecule has 2 heterocycles. The molecule has 0 bridgehead atoms. The van der Waals surface area contributed by atoms with Crippen LogP contribution < -0.4 is 0 Å². The van der Waals surface area contributed by atoms with Gasteiger partial charge >= 0.3 is 12.1 Å². The summed E-state index contributed by atoms with van der Waals surface area (Å²) in [5.41, 5.74) is -5.65. The molecule has 1 unspecified atom stereocenters. The van der Waals surface area contributed by atoms with E-state index in [9.17, 15) is 31.5 Å². The van der Waals surface area contributed by atoms with Gasteiger partial charge in [-0.1, -0.05) is 13.8 Å². The Balaban J connectivity index is 3.04. The SMILES string of the molecule is CCC(C)c1c(C(=O)OC)c(C(F)F)nc(C(F)(F)F)c1C(=O)n1cncn1. The molecule has 0 aliphatic carbocycles. The third kappa shape index (κ3) is 3.85. The Morgan fingerprint density at radius 1 is 1.25 bits per heavy atom. The summed E-state index contributed by atoms with van der Waals surface area (Å²) < 4.78 is 72.9. The first-order valence-corrected chi connectivity index (χ1v) is 7.95. The number of alkyl halides is 5. The monoisotopic (exact) mass is 406 g/mol. The van der Waals surface area contributed by atoms with E-state index in [1.165, 1.54) is 6.92 Å². The number of nitrogens with zero attached hydrogens (tertiary/aromatic N) is 4. The Morgan fingerprint density at radius 2 is 1.89 bits per heavy atom. The molecule has 0 N–H and O–H groups in total. The molecule has 1 atom stereocenters. The van der Waals surface area contributed by atoms with Gasteiger partial charge in [-0.2, -0.15) is 23.0 Å². The van der Waals surface area contributed by atoms with E-state index in [1.54, 1.807) is 6.92 Å². The molecule has 28 heavy (non-hydrogen) atoms. The molecule has 152 valence electrons. The minimum atomic E-state index is -5.24. The number of methoxy groups -OCH3 is 1. The number of hydrogen-bond acceptors (Lipinski definition) is 6. The molecule has 0 aromatic carbocycles. The summed E-state index contributed by atoms with van der Waals surface area (Å²) in [5.74, 6) is -3.50. The molecular weight excluding hydrogens is 391 g/mol. The van der Waals surface area contributed by atoms with E-state index in [-0.39, 0.29) is 6.42 Å². The van der Waals surface area contributed by atoms with Crippen LogP contribution in [0.5, 0.6) is 0 Å². The third-order valence-electron chi connectivity index (χ3n) is 4.07. The maximum Gasteiger partial charge on any atom is 0.434 e. The third-order valence-corrected chi connectivity index (χ3v) is 4.07. The van der Waals surface area contributed by atoms with E-state index in [4.69, 9.17) is 0 Å². The highest BCUT2D eigenvalue weighted by Crippen LogP contribution is 2.40. The summed E-state index contributed by atoms with van der Waals surface area (Å²) in [4.78, 5) is 31.4. The quantitative estimate of drug-likeness (QED) is 0.557. The maximum absolute atomic E-state index is 13.6. The summed E-state index contributed by atoms with van der Waals surface area (Å²) in [6.07, 6.45) is -6.84. The van der Waals surface area contributed by atoms with Crippen molar-refractivity contribution in [3.63, 3.8) is 0 Å². The predicted molar refractivity (Wildman–Crippen MR) is 84.0 cm³/mol. The van der Waals surface area contributed by atoms with Gasteiger partial charge in [-0.05, 0) is 17.9 Å². The van der Waals surface area contributed by atoms with Crippen molar-refractivity contribution < 1.29 is 36.3 Å². The zero-order chi connectivity index (χ0) is 21.2. The summed E-state index contributed by atoms with van der Waals surface area (Å²) in [7, 11) is 0.883. The van der Waals surface area contributed by atoms with Crippen molar-refractivity contribution in [2.75, 3.05) is 7.11 Å². The second-order valence-electron chi connectivity index (χ2n) is 5.75. The van der Waals surface area contributed by atoms with Crippen LogP contribution in [-0.4, -0.2) is 38.7 Å². The maximum atomic E-state index is 13.6. The Labute approximate surface area is 155 Å². The summed E-state index contributed by atoms with van der Waals surface area (Å²) in [6, 6.07) is 0. The average Bonchev–Trinajstić information content (AvgIpc) is 3.18. The molecule has 0 fully saturated rings. The Hall–Kier alpha value is -2.92. The zero-order valence-corrected chi connectivity index (χ0v) is 14.9. The van der Waals surface area contributed by atoms with E-state index >= 15 is 0 Å². The summed E-state index contributed by atoms with van der Waals surface area (Å²) in [5, 5.41) is 3.49. The molecule has 2 rings (SSSR count). The molecule has 0 radical (unpaired) electrons. The molecule has 0 aliphatic heterocycles. The fraction of sp³-hybridized carbons (Fsp3) is 0.438. The predicted octanol–water partition coefficient (Wildman–Crippen LogP) is 3.62. The number of pyridine rings is 1. The van der Waals surface area contributed by atoms with Gasteiger partial charge in [-0.15, -0.1) is 0 Å². The largest absolute Gasteiger partial charge is 0.465 e. The van der Waals surface area contributed by atoms with Crippen LogP contribution in [0.1, 0.15) is 70.3 Å². The summed E-state index contributed by atoms with van der Waals surface area (Å²) >= 11 is 0. The first-order valence-electron chi connectivity index (χ1n) is 7.95. The van der Waals surface area contributed by atoms with Crippen molar-refractivity contribution in [3.8, 4) is 0 Å². The standard InChI is InChI=1S/C16H15F5N4O3/c1-4-7(2)8-9(15(27)28-3)11(13(17)18)24-12(16(19,20)21)10(8)14(26)25-6-22-5-23-25/h5-7,13H,4H2,1-3H3. The number of ether oxygens (including phenoxy) is 1. The lowest BCUT2D eigenvalue weighted by atomic mass is 9.87. The fourth-order valence-electron chi connectivity index (χ4n) is 2.64. The smallest absolute Gasteiger partial charge is 0.434 e. The molecule has 0 aliphatic rings. The first kappa shape index (κ1) is 21.4. The number of carbonyl (C=O) groups is 2. The van der Waals surface area contributed by atoms with Gasteiger partial charge in [0.2, 0.25) is 0 Å². The highest BCUT2D eigenvalue weighted by atomic mass is 19.4. The minimum absolute atomic E-state index is 0.144. The average molecular weight is 406 g/mol. The number of rotatable bonds is 5. The van der Waals surface area contributed by atoms with Crippen molar-refractivity contribution in [2.24, 2.45) is 0 Å². The van der Waals surface area contributed by atoms with Crippen LogP contribution in [0.3, 0.4) is 0 Å². The second-order valence-corrected chi connectivity index (χ2v) is 5.75. The first-order chi connectivity index (χ1) is 13.0. The molecule has 2 aromatic rings. The van der Waals surface area contributed by atoms with Crippen molar-refractivity contribution in [3.05, 3.63) is 40.7 Å². The Kier molecular flexibility index (Phi) is 6.10. The number of esters is 1. The normalized spacial score (nSPS) is 12.9. The van der Waals surface area contributed by atoms with E-state index in [1.807, 2.05) is 0 Å². The number of hydrogen-bond donors (Lipinski definition) is 0. The molecular formula is C16H15F5N4O3. The van der Waals surface area contributed by atoms with Crippen LogP contribution in [-0.2, 0) is 10.9 Å². The van der Waals surface area contributed by atoms with Gasteiger partial charge in [0.15, 0.2) is 5.69 Å². The number of carbonyl (C=O) groups excluding carboxylic acids is 2. The lowest BCUT2D eigenvalue weighted by molar-refractivity contribution is -0.141. The highest BCUT2D eigenvalue weighted by Gasteiger charge is 2.43. The van der Waals surface area contributed by atoms with E-state index in [2.05, 4.69) is 19.8 Å². The van der Waals surface area contributed by atoms with Crippen molar-refractivity contribution >= 4 is 11.9 Å². The summed E-state index contributed by atoms with van der Waals surface area (Å²) in [6.45, 7) is 2.96. The van der Waals surface area contributed by atoms with Crippen LogP contribution >= 0.6 is 0 Å². The van der Waals surface area contributed by atoms with Gasteiger partial charge in [0.25, 0.3) is 12.3 Å². The molecule has 0 saturated carbocycles. The molecule has 0 amide bonds. The lowest BCUT2D eigenvalue weighted by Gasteiger charge is -2.23. The van der Waals surface area contributed by atoms with Crippen molar-refractivity contribution in [1.29, 1.82) is 0 Å². The number of aromatic nitrogens is 4. The van der Waals surface area contributed by atoms with Crippen LogP contribution in [0, 0.1) is 0 Å². The van der Waals surface area contributed by atoms with Crippen LogP contribution in [0.25, 0.3) is 0 Å². The molecule has 12 heteroatoms. The zero-order valence-electron chi connectivity index (χ0n) is 14.9.